The van der Waals surface area contributed by atoms with E-state index in [0.29, 0.717) is 0 Å². The molecule has 0 radical (unpaired) electrons. The SMILES string of the molecule is CCCNC(c1cccc(OC(C)C)c1)C1CCCCO1. The highest BCUT2D eigenvalue weighted by atomic mass is 16.5. The largest absolute Gasteiger partial charge is 0.491 e. The van der Waals surface area contributed by atoms with Crippen molar-refractivity contribution < 1.29 is 9.47 Å². The maximum Gasteiger partial charge on any atom is 0.120 e. The van der Waals surface area contributed by atoms with Gasteiger partial charge in [0.05, 0.1) is 18.2 Å². The van der Waals surface area contributed by atoms with E-state index in [-0.39, 0.29) is 18.2 Å². The first-order valence-electron chi connectivity index (χ1n) is 8.32. The molecule has 0 aromatic heterocycles. The van der Waals surface area contributed by atoms with Crippen LogP contribution < -0.4 is 10.1 Å². The van der Waals surface area contributed by atoms with E-state index in [1.165, 1.54) is 18.4 Å². The van der Waals surface area contributed by atoms with E-state index in [0.717, 1.165) is 31.7 Å². The van der Waals surface area contributed by atoms with E-state index in [2.05, 4.69) is 44.3 Å². The van der Waals surface area contributed by atoms with Crippen molar-refractivity contribution in [2.24, 2.45) is 0 Å². The molecule has 1 aromatic carbocycles. The van der Waals surface area contributed by atoms with Crippen LogP contribution in [0, 0.1) is 0 Å². The predicted molar refractivity (Wildman–Crippen MR) is 86.8 cm³/mol. The minimum Gasteiger partial charge on any atom is -0.491 e. The molecule has 1 N–H and O–H groups in total. The molecule has 0 bridgehead atoms. The second-order valence-corrected chi connectivity index (χ2v) is 6.08. The Morgan fingerprint density at radius 3 is 2.86 bits per heavy atom. The lowest BCUT2D eigenvalue weighted by molar-refractivity contribution is -0.00819. The van der Waals surface area contributed by atoms with Gasteiger partial charge in [-0.15, -0.1) is 0 Å². The Hall–Kier alpha value is -1.06. The summed E-state index contributed by atoms with van der Waals surface area (Å²) in [6, 6.07) is 8.71. The molecule has 1 fully saturated rings. The smallest absolute Gasteiger partial charge is 0.120 e. The molecule has 21 heavy (non-hydrogen) atoms. The van der Waals surface area contributed by atoms with Crippen LogP contribution in [0.25, 0.3) is 0 Å². The minimum absolute atomic E-state index is 0.202. The Morgan fingerprint density at radius 1 is 1.33 bits per heavy atom. The molecule has 118 valence electrons. The van der Waals surface area contributed by atoms with Gasteiger partial charge in [0.25, 0.3) is 0 Å². The lowest BCUT2D eigenvalue weighted by Crippen LogP contribution is -2.36. The molecule has 1 aromatic rings. The number of rotatable bonds is 7. The topological polar surface area (TPSA) is 30.5 Å². The highest BCUT2D eigenvalue weighted by Gasteiger charge is 2.25. The van der Waals surface area contributed by atoms with Crippen molar-refractivity contribution in [1.29, 1.82) is 0 Å². The van der Waals surface area contributed by atoms with Gasteiger partial charge in [0.2, 0.25) is 0 Å². The van der Waals surface area contributed by atoms with E-state index < -0.39 is 0 Å². The molecule has 0 spiro atoms. The average molecular weight is 291 g/mol. The molecular formula is C18H29NO2. The van der Waals surface area contributed by atoms with E-state index in [1.807, 2.05) is 6.07 Å². The predicted octanol–water partition coefficient (Wildman–Crippen LogP) is 4.08. The lowest BCUT2D eigenvalue weighted by Gasteiger charge is -2.32. The van der Waals surface area contributed by atoms with Crippen LogP contribution in [0.15, 0.2) is 24.3 Å². The van der Waals surface area contributed by atoms with Gasteiger partial charge in [0.15, 0.2) is 0 Å². The van der Waals surface area contributed by atoms with Crippen LogP contribution in [0.4, 0.5) is 0 Å². The lowest BCUT2D eigenvalue weighted by atomic mass is 9.95. The zero-order chi connectivity index (χ0) is 15.1. The number of nitrogens with one attached hydrogen (secondary N) is 1. The van der Waals surface area contributed by atoms with Gasteiger partial charge < -0.3 is 14.8 Å². The van der Waals surface area contributed by atoms with E-state index >= 15 is 0 Å². The summed E-state index contributed by atoms with van der Waals surface area (Å²) in [5.74, 6) is 0.946. The Morgan fingerprint density at radius 2 is 2.19 bits per heavy atom. The monoisotopic (exact) mass is 291 g/mol. The van der Waals surface area contributed by atoms with Crippen LogP contribution in [0.1, 0.15) is 58.1 Å². The maximum atomic E-state index is 6.01. The number of benzene rings is 1. The summed E-state index contributed by atoms with van der Waals surface area (Å²) in [7, 11) is 0. The van der Waals surface area contributed by atoms with Crippen molar-refractivity contribution in [1.82, 2.24) is 5.32 Å². The molecule has 0 aliphatic carbocycles. The summed E-state index contributed by atoms with van der Waals surface area (Å²) in [5.41, 5.74) is 1.27. The Kier molecular flexibility index (Phi) is 6.52. The molecule has 2 unspecified atom stereocenters. The summed E-state index contributed by atoms with van der Waals surface area (Å²) in [4.78, 5) is 0. The second-order valence-electron chi connectivity index (χ2n) is 6.08. The molecule has 2 rings (SSSR count). The Bertz CT molecular complexity index is 413. The first-order valence-corrected chi connectivity index (χ1v) is 8.32. The van der Waals surface area contributed by atoms with Gasteiger partial charge in [-0.25, -0.2) is 0 Å². The Balaban J connectivity index is 2.14. The molecular weight excluding hydrogens is 262 g/mol. The molecule has 1 heterocycles. The fourth-order valence-electron chi connectivity index (χ4n) is 2.85. The van der Waals surface area contributed by atoms with Crippen molar-refractivity contribution in [2.45, 2.75) is 64.7 Å². The molecule has 2 atom stereocenters. The number of ether oxygens (including phenoxy) is 2. The van der Waals surface area contributed by atoms with Gasteiger partial charge in [-0.2, -0.15) is 0 Å². The van der Waals surface area contributed by atoms with Crippen molar-refractivity contribution in [3.63, 3.8) is 0 Å². The van der Waals surface area contributed by atoms with E-state index in [9.17, 15) is 0 Å². The van der Waals surface area contributed by atoms with Gasteiger partial charge >= 0.3 is 0 Å². The Labute approximate surface area is 129 Å². The van der Waals surface area contributed by atoms with Crippen molar-refractivity contribution in [3.05, 3.63) is 29.8 Å². The molecule has 3 nitrogen and oxygen atoms in total. The van der Waals surface area contributed by atoms with Crippen LogP contribution in [0.5, 0.6) is 5.75 Å². The fourth-order valence-corrected chi connectivity index (χ4v) is 2.85. The molecule has 0 amide bonds. The average Bonchev–Trinajstić information content (AvgIpc) is 2.48. The van der Waals surface area contributed by atoms with Crippen molar-refractivity contribution in [2.75, 3.05) is 13.2 Å². The highest BCUT2D eigenvalue weighted by Crippen LogP contribution is 2.28. The van der Waals surface area contributed by atoms with E-state index in [1.54, 1.807) is 0 Å². The van der Waals surface area contributed by atoms with Crippen molar-refractivity contribution in [3.8, 4) is 5.75 Å². The number of hydrogen-bond donors (Lipinski definition) is 1. The van der Waals surface area contributed by atoms with Crippen LogP contribution >= 0.6 is 0 Å². The summed E-state index contributed by atoms with van der Waals surface area (Å²) in [5, 5.41) is 3.66. The second kappa shape index (κ2) is 8.40. The summed E-state index contributed by atoms with van der Waals surface area (Å²) >= 11 is 0. The molecule has 1 aliphatic rings. The zero-order valence-electron chi connectivity index (χ0n) is 13.6. The summed E-state index contributed by atoms with van der Waals surface area (Å²) < 4.78 is 11.8. The zero-order valence-corrected chi connectivity index (χ0v) is 13.6. The fraction of sp³-hybridized carbons (Fsp3) is 0.667. The summed E-state index contributed by atoms with van der Waals surface area (Å²) in [6.45, 7) is 8.22. The molecule has 3 heteroatoms. The van der Waals surface area contributed by atoms with Gasteiger partial charge in [-0.1, -0.05) is 19.1 Å². The third kappa shape index (κ3) is 5.01. The molecule has 0 saturated carbocycles. The third-order valence-corrected chi connectivity index (χ3v) is 3.79. The van der Waals surface area contributed by atoms with Gasteiger partial charge in [-0.05, 0) is 63.8 Å². The maximum absolute atomic E-state index is 6.01. The third-order valence-electron chi connectivity index (χ3n) is 3.79. The minimum atomic E-state index is 0.202. The highest BCUT2D eigenvalue weighted by molar-refractivity contribution is 5.31. The van der Waals surface area contributed by atoms with Crippen LogP contribution in [-0.4, -0.2) is 25.4 Å². The quantitative estimate of drug-likeness (QED) is 0.821. The van der Waals surface area contributed by atoms with Crippen LogP contribution in [-0.2, 0) is 4.74 Å². The number of hydrogen-bond acceptors (Lipinski definition) is 3. The van der Waals surface area contributed by atoms with Gasteiger partial charge in [0, 0.05) is 6.61 Å². The summed E-state index contributed by atoms with van der Waals surface area (Å²) in [6.07, 6.45) is 5.19. The van der Waals surface area contributed by atoms with E-state index in [4.69, 9.17) is 9.47 Å². The molecule has 1 saturated heterocycles. The molecule has 1 aliphatic heterocycles. The first kappa shape index (κ1) is 16.3. The van der Waals surface area contributed by atoms with Gasteiger partial charge in [-0.3, -0.25) is 0 Å². The van der Waals surface area contributed by atoms with Crippen LogP contribution in [0.3, 0.4) is 0 Å². The van der Waals surface area contributed by atoms with Crippen LogP contribution in [0.2, 0.25) is 0 Å². The normalized spacial score (nSPS) is 20.5. The first-order chi connectivity index (χ1) is 10.2. The van der Waals surface area contributed by atoms with Gasteiger partial charge in [0.1, 0.15) is 5.75 Å². The standard InChI is InChI=1S/C18H29NO2/c1-4-11-19-18(17-10-5-6-12-20-17)15-8-7-9-16(13-15)21-14(2)3/h7-9,13-14,17-19H,4-6,10-12H2,1-3H3. The van der Waals surface area contributed by atoms with Crippen molar-refractivity contribution >= 4 is 0 Å².